The molecule has 0 aliphatic heterocycles. The first kappa shape index (κ1) is 16.5. The normalized spacial score (nSPS) is 10.8. The predicted octanol–water partition coefficient (Wildman–Crippen LogP) is 3.87. The van der Waals surface area contributed by atoms with Crippen molar-refractivity contribution in [1.82, 2.24) is 0 Å². The lowest BCUT2D eigenvalue weighted by Crippen LogP contribution is -2.36. The van der Waals surface area contributed by atoms with E-state index >= 15 is 0 Å². The molecule has 0 unspecified atom stereocenters. The van der Waals surface area contributed by atoms with E-state index in [0.717, 1.165) is 27.8 Å². The maximum atomic E-state index is 5.85. The van der Waals surface area contributed by atoms with E-state index in [0.29, 0.717) is 0 Å². The predicted molar refractivity (Wildman–Crippen MR) is 99.2 cm³/mol. The van der Waals surface area contributed by atoms with Crippen LogP contribution in [0.1, 0.15) is 0 Å². The average Bonchev–Trinajstić information content (AvgIpc) is 2.65. The Labute approximate surface area is 144 Å². The van der Waals surface area contributed by atoms with Crippen molar-refractivity contribution in [3.8, 4) is 22.6 Å². The summed E-state index contributed by atoms with van der Waals surface area (Å²) in [7, 11) is 1.55. The van der Waals surface area contributed by atoms with Crippen molar-refractivity contribution < 1.29 is 13.6 Å². The number of ether oxygens (including phenoxy) is 1. The Kier molecular flexibility index (Phi) is 5.43. The van der Waals surface area contributed by atoms with Crippen LogP contribution in [0.4, 0.5) is 0 Å². The molecule has 0 atom stereocenters. The highest BCUT2D eigenvalue weighted by Crippen LogP contribution is 2.25. The van der Waals surface area contributed by atoms with Gasteiger partial charge in [-0.05, 0) is 40.6 Å². The average molecular weight is 336 g/mol. The van der Waals surface area contributed by atoms with E-state index in [-0.39, 0.29) is 0 Å². The Bertz CT molecular complexity index is 768. The third kappa shape index (κ3) is 3.74. The van der Waals surface area contributed by atoms with Gasteiger partial charge in [0.1, 0.15) is 11.5 Å². The fourth-order valence-corrected chi connectivity index (χ4v) is 4.13. The summed E-state index contributed by atoms with van der Waals surface area (Å²) in [6.07, 6.45) is 0. The maximum Gasteiger partial charge on any atom is 0.355 e. The van der Waals surface area contributed by atoms with Gasteiger partial charge in [0.2, 0.25) is 0 Å². The van der Waals surface area contributed by atoms with Crippen molar-refractivity contribution >= 4 is 14.5 Å². The van der Waals surface area contributed by atoms with Gasteiger partial charge in [-0.3, -0.25) is 0 Å². The molecule has 0 amide bonds. The minimum atomic E-state index is -1.86. The first-order chi connectivity index (χ1) is 11.8. The highest BCUT2D eigenvalue weighted by atomic mass is 28.3. The highest BCUT2D eigenvalue weighted by Gasteiger charge is 2.17. The summed E-state index contributed by atoms with van der Waals surface area (Å²) in [5, 5.41) is 1.14. The molecule has 0 saturated carbocycles. The van der Waals surface area contributed by atoms with Crippen molar-refractivity contribution in [1.29, 1.82) is 0 Å². The Balaban J connectivity index is 1.86. The van der Waals surface area contributed by atoms with Gasteiger partial charge in [-0.1, -0.05) is 54.6 Å². The summed E-state index contributed by atoms with van der Waals surface area (Å²) in [5.74, 6) is 1.64. The van der Waals surface area contributed by atoms with Gasteiger partial charge in [0.15, 0.2) is 0 Å². The second kappa shape index (κ2) is 7.92. The van der Waals surface area contributed by atoms with Crippen molar-refractivity contribution in [3.05, 3.63) is 78.9 Å². The molecule has 0 spiro atoms. The summed E-state index contributed by atoms with van der Waals surface area (Å²) in [4.78, 5) is 0. The number of rotatable bonds is 6. The molecule has 3 aromatic carbocycles. The zero-order valence-corrected chi connectivity index (χ0v) is 15.0. The molecule has 122 valence electrons. The lowest BCUT2D eigenvalue weighted by Gasteiger charge is -2.16. The SMILES string of the molecule is CO[SiH](OC)c1ccccc1-c1ccc(Oc2ccccc2)cc1. The number of hydrogen-bond acceptors (Lipinski definition) is 3. The molecule has 3 aromatic rings. The summed E-state index contributed by atoms with van der Waals surface area (Å²) in [6.45, 7) is 0. The zero-order valence-electron chi connectivity index (χ0n) is 13.8. The fourth-order valence-electron chi connectivity index (χ4n) is 2.64. The van der Waals surface area contributed by atoms with Gasteiger partial charge in [-0.15, -0.1) is 0 Å². The molecule has 3 nitrogen and oxygen atoms in total. The van der Waals surface area contributed by atoms with Crippen LogP contribution < -0.4 is 9.92 Å². The largest absolute Gasteiger partial charge is 0.457 e. The van der Waals surface area contributed by atoms with Crippen LogP contribution in [0, 0.1) is 0 Å². The molecule has 0 N–H and O–H groups in total. The lowest BCUT2D eigenvalue weighted by atomic mass is 10.1. The van der Waals surface area contributed by atoms with Crippen LogP contribution in [0.2, 0.25) is 0 Å². The molecule has 0 aliphatic carbocycles. The van der Waals surface area contributed by atoms with Crippen molar-refractivity contribution in [3.63, 3.8) is 0 Å². The van der Waals surface area contributed by atoms with Crippen LogP contribution in [0.3, 0.4) is 0 Å². The van der Waals surface area contributed by atoms with E-state index in [1.807, 2.05) is 54.6 Å². The number of benzene rings is 3. The van der Waals surface area contributed by atoms with Crippen LogP contribution in [-0.2, 0) is 8.85 Å². The van der Waals surface area contributed by atoms with E-state index in [2.05, 4.69) is 24.3 Å². The molecule has 0 heterocycles. The van der Waals surface area contributed by atoms with Crippen molar-refractivity contribution in [2.45, 2.75) is 0 Å². The molecule has 0 fully saturated rings. The van der Waals surface area contributed by atoms with Gasteiger partial charge in [0, 0.05) is 14.2 Å². The summed E-state index contributed by atoms with van der Waals surface area (Å²) in [6, 6.07) is 26.1. The van der Waals surface area contributed by atoms with Gasteiger partial charge in [-0.25, -0.2) is 0 Å². The second-order valence-corrected chi connectivity index (χ2v) is 7.56. The van der Waals surface area contributed by atoms with Crippen LogP contribution in [0.15, 0.2) is 78.9 Å². The van der Waals surface area contributed by atoms with Gasteiger partial charge >= 0.3 is 9.28 Å². The molecule has 4 heteroatoms. The zero-order chi connectivity index (χ0) is 16.8. The van der Waals surface area contributed by atoms with Crippen LogP contribution >= 0.6 is 0 Å². The van der Waals surface area contributed by atoms with Crippen LogP contribution in [0.25, 0.3) is 11.1 Å². The topological polar surface area (TPSA) is 27.7 Å². The second-order valence-electron chi connectivity index (χ2n) is 5.33. The monoisotopic (exact) mass is 336 g/mol. The molecule has 0 saturated heterocycles. The highest BCUT2D eigenvalue weighted by molar-refractivity contribution is 6.63. The van der Waals surface area contributed by atoms with E-state index in [1.165, 1.54) is 0 Å². The minimum absolute atomic E-state index is 0.815. The maximum absolute atomic E-state index is 5.85. The van der Waals surface area contributed by atoms with Crippen molar-refractivity contribution in [2.75, 3.05) is 14.2 Å². The molecular weight excluding hydrogens is 316 g/mol. The molecule has 0 radical (unpaired) electrons. The van der Waals surface area contributed by atoms with E-state index in [1.54, 1.807) is 14.2 Å². The molecule has 24 heavy (non-hydrogen) atoms. The summed E-state index contributed by atoms with van der Waals surface area (Å²) in [5.41, 5.74) is 2.27. The number of para-hydroxylation sites is 1. The van der Waals surface area contributed by atoms with E-state index in [9.17, 15) is 0 Å². The molecule has 0 bridgehead atoms. The summed E-state index contributed by atoms with van der Waals surface area (Å²) >= 11 is 0. The molecule has 0 aromatic heterocycles. The minimum Gasteiger partial charge on any atom is -0.457 e. The molecular formula is C20H20O3Si. The smallest absolute Gasteiger partial charge is 0.355 e. The quantitative estimate of drug-likeness (QED) is 0.640. The summed E-state index contributed by atoms with van der Waals surface area (Å²) < 4.78 is 16.9. The molecule has 0 aliphatic rings. The van der Waals surface area contributed by atoms with Gasteiger partial charge < -0.3 is 13.6 Å². The van der Waals surface area contributed by atoms with Gasteiger partial charge in [-0.2, -0.15) is 0 Å². The third-order valence-electron chi connectivity index (χ3n) is 3.79. The van der Waals surface area contributed by atoms with Gasteiger partial charge in [0.05, 0.1) is 0 Å². The Morgan fingerprint density at radius 3 is 1.88 bits per heavy atom. The van der Waals surface area contributed by atoms with E-state index in [4.69, 9.17) is 13.6 Å². The first-order valence-electron chi connectivity index (χ1n) is 7.79. The first-order valence-corrected chi connectivity index (χ1v) is 9.31. The Morgan fingerprint density at radius 2 is 1.21 bits per heavy atom. The van der Waals surface area contributed by atoms with E-state index < -0.39 is 9.28 Å². The Hall–Kier alpha value is -2.40. The van der Waals surface area contributed by atoms with Crippen molar-refractivity contribution in [2.24, 2.45) is 0 Å². The van der Waals surface area contributed by atoms with Crippen LogP contribution in [0.5, 0.6) is 11.5 Å². The fraction of sp³-hybridized carbons (Fsp3) is 0.100. The molecule has 3 rings (SSSR count). The lowest BCUT2D eigenvalue weighted by molar-refractivity contribution is 0.292. The van der Waals surface area contributed by atoms with Crippen LogP contribution in [-0.4, -0.2) is 23.5 Å². The third-order valence-corrected chi connectivity index (χ3v) is 5.65. The standard InChI is InChI=1S/C20H20O3Si/c1-21-24(22-2)20-11-7-6-10-19(20)16-12-14-18(15-13-16)23-17-8-4-3-5-9-17/h3-15,24H,1-2H3. The Morgan fingerprint density at radius 1 is 0.625 bits per heavy atom. The van der Waals surface area contributed by atoms with Gasteiger partial charge in [0.25, 0.3) is 0 Å². The number of hydrogen-bond donors (Lipinski definition) is 0.